The Morgan fingerprint density at radius 3 is 2.38 bits per heavy atom. The van der Waals surface area contributed by atoms with Crippen LogP contribution < -0.4 is 5.32 Å². The van der Waals surface area contributed by atoms with E-state index >= 15 is 0 Å². The Morgan fingerprint density at radius 2 is 1.79 bits per heavy atom. The molecule has 0 aliphatic heterocycles. The van der Waals surface area contributed by atoms with E-state index in [4.69, 9.17) is 20.8 Å². The summed E-state index contributed by atoms with van der Waals surface area (Å²) in [6, 6.07) is 5.22. The quantitative estimate of drug-likeness (QED) is 0.833. The van der Waals surface area contributed by atoms with Crippen molar-refractivity contribution in [1.29, 1.82) is 0 Å². The minimum absolute atomic E-state index is 0.367. The van der Waals surface area contributed by atoms with E-state index in [1.165, 1.54) is 6.92 Å². The number of carbonyl (C=O) groups excluding carboxylic acids is 2. The molecule has 0 bridgehead atoms. The molecule has 0 aliphatic rings. The fourth-order valence-electron chi connectivity index (χ4n) is 2.34. The van der Waals surface area contributed by atoms with Gasteiger partial charge in [0.15, 0.2) is 6.10 Å². The highest BCUT2D eigenvalue weighted by molar-refractivity contribution is 6.31. The zero-order chi connectivity index (χ0) is 18.0. The number of furan rings is 1. The fourth-order valence-corrected chi connectivity index (χ4v) is 2.52. The lowest BCUT2D eigenvalue weighted by molar-refractivity contribution is -0.123. The maximum Gasteiger partial charge on any atom is 0.342 e. The Bertz CT molecular complexity index is 795. The molecule has 0 saturated carbocycles. The van der Waals surface area contributed by atoms with E-state index in [-0.39, 0.29) is 0 Å². The van der Waals surface area contributed by atoms with Gasteiger partial charge in [-0.3, -0.25) is 4.79 Å². The summed E-state index contributed by atoms with van der Waals surface area (Å²) >= 11 is 6.03. The first-order chi connectivity index (χ1) is 11.2. The smallest absolute Gasteiger partial charge is 0.342 e. The molecular formula is C18H20ClNO4. The van der Waals surface area contributed by atoms with Crippen molar-refractivity contribution in [2.24, 2.45) is 0 Å². The number of hydrogen-bond donors (Lipinski definition) is 1. The van der Waals surface area contributed by atoms with Gasteiger partial charge in [0, 0.05) is 16.3 Å². The SMILES string of the molecule is Cc1oc(C)c(C(=O)O[C@H](C)C(=O)Nc2cccc(Cl)c2C)c1C. The zero-order valence-corrected chi connectivity index (χ0v) is 15.1. The molecule has 0 saturated heterocycles. The average molecular weight is 350 g/mol. The van der Waals surface area contributed by atoms with Crippen molar-refractivity contribution in [2.75, 3.05) is 5.32 Å². The van der Waals surface area contributed by atoms with Crippen LogP contribution in [0.3, 0.4) is 0 Å². The monoisotopic (exact) mass is 349 g/mol. The number of carbonyl (C=O) groups is 2. The van der Waals surface area contributed by atoms with Crippen molar-refractivity contribution < 1.29 is 18.7 Å². The highest BCUT2D eigenvalue weighted by atomic mass is 35.5. The number of nitrogens with one attached hydrogen (secondary N) is 1. The fraction of sp³-hybridized carbons (Fsp3) is 0.333. The van der Waals surface area contributed by atoms with Crippen LogP contribution in [0.1, 0.15) is 39.9 Å². The lowest BCUT2D eigenvalue weighted by atomic mass is 10.1. The minimum Gasteiger partial charge on any atom is -0.465 e. The average Bonchev–Trinajstić information content (AvgIpc) is 2.76. The maximum atomic E-state index is 12.3. The third-order valence-electron chi connectivity index (χ3n) is 3.94. The number of rotatable bonds is 4. The van der Waals surface area contributed by atoms with Crippen LogP contribution in [0.15, 0.2) is 22.6 Å². The van der Waals surface area contributed by atoms with Crippen molar-refractivity contribution in [2.45, 2.75) is 40.7 Å². The van der Waals surface area contributed by atoms with E-state index in [0.29, 0.717) is 27.8 Å². The second kappa shape index (κ2) is 7.09. The van der Waals surface area contributed by atoms with Crippen LogP contribution in [0, 0.1) is 27.7 Å². The predicted octanol–water partition coefficient (Wildman–Crippen LogP) is 4.35. The summed E-state index contributed by atoms with van der Waals surface area (Å²) in [5.74, 6) is 0.135. The van der Waals surface area contributed by atoms with Gasteiger partial charge in [0.25, 0.3) is 5.91 Å². The molecule has 5 nitrogen and oxygen atoms in total. The van der Waals surface area contributed by atoms with Gasteiger partial charge in [0.05, 0.1) is 0 Å². The number of benzene rings is 1. The first-order valence-electron chi connectivity index (χ1n) is 7.56. The van der Waals surface area contributed by atoms with Gasteiger partial charge >= 0.3 is 5.97 Å². The van der Waals surface area contributed by atoms with E-state index in [0.717, 1.165) is 11.1 Å². The van der Waals surface area contributed by atoms with Crippen molar-refractivity contribution >= 4 is 29.2 Å². The minimum atomic E-state index is -0.954. The van der Waals surface area contributed by atoms with Crippen LogP contribution in [-0.2, 0) is 9.53 Å². The van der Waals surface area contributed by atoms with Gasteiger partial charge in [-0.15, -0.1) is 0 Å². The molecule has 2 aromatic rings. The first kappa shape index (κ1) is 18.1. The third kappa shape index (κ3) is 3.62. The highest BCUT2D eigenvalue weighted by Crippen LogP contribution is 2.24. The van der Waals surface area contributed by atoms with E-state index in [2.05, 4.69) is 5.32 Å². The van der Waals surface area contributed by atoms with E-state index in [9.17, 15) is 9.59 Å². The van der Waals surface area contributed by atoms with Crippen LogP contribution in [0.4, 0.5) is 5.69 Å². The van der Waals surface area contributed by atoms with Crippen LogP contribution >= 0.6 is 11.6 Å². The molecule has 1 aromatic heterocycles. The molecule has 0 spiro atoms. The standard InChI is InChI=1S/C18H20ClNO4/c1-9-11(3)23-12(4)16(9)18(22)24-13(5)17(21)20-15-8-6-7-14(19)10(15)2/h6-8,13H,1-5H3,(H,20,21)/t13-/m1/s1. The molecule has 2 rings (SSSR count). The number of halogens is 1. The van der Waals surface area contributed by atoms with Gasteiger partial charge < -0.3 is 14.5 Å². The molecule has 0 unspecified atom stereocenters. The lowest BCUT2D eigenvalue weighted by Gasteiger charge is -2.15. The summed E-state index contributed by atoms with van der Waals surface area (Å²) in [7, 11) is 0. The van der Waals surface area contributed by atoms with E-state index < -0.39 is 18.0 Å². The summed E-state index contributed by atoms with van der Waals surface area (Å²) in [6.45, 7) is 8.57. The van der Waals surface area contributed by atoms with Crippen LogP contribution in [0.25, 0.3) is 0 Å². The van der Waals surface area contributed by atoms with Gasteiger partial charge in [-0.25, -0.2) is 4.79 Å². The van der Waals surface area contributed by atoms with Gasteiger partial charge in [-0.05, 0) is 52.3 Å². The summed E-state index contributed by atoms with van der Waals surface area (Å²) in [5.41, 5.74) is 2.42. The number of anilines is 1. The second-order valence-electron chi connectivity index (χ2n) is 5.66. The Balaban J connectivity index is 2.09. The highest BCUT2D eigenvalue weighted by Gasteiger charge is 2.24. The van der Waals surface area contributed by atoms with Crippen molar-refractivity contribution in [1.82, 2.24) is 0 Å². The Labute approximate surface area is 145 Å². The molecule has 0 fully saturated rings. The lowest BCUT2D eigenvalue weighted by Crippen LogP contribution is -2.30. The molecule has 1 amide bonds. The maximum absolute atomic E-state index is 12.3. The number of amides is 1. The van der Waals surface area contributed by atoms with Gasteiger partial charge in [0.1, 0.15) is 17.1 Å². The first-order valence-corrected chi connectivity index (χ1v) is 7.93. The molecule has 0 radical (unpaired) electrons. The van der Waals surface area contributed by atoms with Gasteiger partial charge in [0.2, 0.25) is 0 Å². The van der Waals surface area contributed by atoms with Crippen LogP contribution in [0.2, 0.25) is 5.02 Å². The molecule has 0 aliphatic carbocycles. The predicted molar refractivity (Wildman–Crippen MR) is 92.6 cm³/mol. The zero-order valence-electron chi connectivity index (χ0n) is 14.3. The normalized spacial score (nSPS) is 11.9. The van der Waals surface area contributed by atoms with Crippen molar-refractivity contribution in [3.05, 3.63) is 51.4 Å². The number of hydrogen-bond acceptors (Lipinski definition) is 4. The number of aryl methyl sites for hydroxylation is 2. The molecule has 1 atom stereocenters. The molecule has 1 heterocycles. The molecule has 6 heteroatoms. The van der Waals surface area contributed by atoms with Crippen molar-refractivity contribution in [3.8, 4) is 0 Å². The molecule has 24 heavy (non-hydrogen) atoms. The van der Waals surface area contributed by atoms with E-state index in [1.54, 1.807) is 45.9 Å². The molecule has 128 valence electrons. The molecule has 1 N–H and O–H groups in total. The van der Waals surface area contributed by atoms with Crippen LogP contribution in [-0.4, -0.2) is 18.0 Å². The third-order valence-corrected chi connectivity index (χ3v) is 4.35. The van der Waals surface area contributed by atoms with Crippen molar-refractivity contribution in [3.63, 3.8) is 0 Å². The summed E-state index contributed by atoms with van der Waals surface area (Å²) in [4.78, 5) is 24.6. The second-order valence-corrected chi connectivity index (χ2v) is 6.07. The van der Waals surface area contributed by atoms with E-state index in [1.807, 2.05) is 0 Å². The largest absolute Gasteiger partial charge is 0.465 e. The number of esters is 1. The Morgan fingerprint density at radius 1 is 1.12 bits per heavy atom. The van der Waals surface area contributed by atoms with Gasteiger partial charge in [-0.1, -0.05) is 17.7 Å². The molecular weight excluding hydrogens is 330 g/mol. The Kier molecular flexibility index (Phi) is 5.34. The van der Waals surface area contributed by atoms with Crippen LogP contribution in [0.5, 0.6) is 0 Å². The molecule has 1 aromatic carbocycles. The summed E-state index contributed by atoms with van der Waals surface area (Å²) in [5, 5.41) is 3.27. The summed E-state index contributed by atoms with van der Waals surface area (Å²) < 4.78 is 10.7. The Hall–Kier alpha value is -2.27. The van der Waals surface area contributed by atoms with Gasteiger partial charge in [-0.2, -0.15) is 0 Å². The summed E-state index contributed by atoms with van der Waals surface area (Å²) in [6.07, 6.45) is -0.954. The topological polar surface area (TPSA) is 68.5 Å². The number of ether oxygens (including phenoxy) is 1.